The smallest absolute Gasteiger partial charge is 0.335 e. The number of carbonyl (C=O) groups is 3. The Balaban J connectivity index is 1.94. The van der Waals surface area contributed by atoms with Crippen LogP contribution in [0.15, 0.2) is 84.4 Å². The second-order valence-electron chi connectivity index (χ2n) is 7.16. The minimum atomic E-state index is -1.16. The Labute approximate surface area is 183 Å². The predicted octanol–water partition coefficient (Wildman–Crippen LogP) is 4.02. The third-order valence-corrected chi connectivity index (χ3v) is 5.29. The molecule has 1 saturated heterocycles. The number of hydrogen-bond donors (Lipinski definition) is 2. The molecular formula is C25H19NO6. The number of ketones is 1. The van der Waals surface area contributed by atoms with Crippen molar-refractivity contribution < 1.29 is 29.3 Å². The Morgan fingerprint density at radius 1 is 0.875 bits per heavy atom. The standard InChI is InChI=1S/C25H19NO6/c1-32-19-12-10-15(11-13-19)21-20(22(27)16-6-3-2-4-7-16)23(28)24(29)26(21)18-9-5-8-17(14-18)25(30)31/h2-14,21,27H,1H3,(H,30,31)/t21-/m0/s1. The highest BCUT2D eigenvalue weighted by Gasteiger charge is 2.47. The van der Waals surface area contributed by atoms with Gasteiger partial charge in [-0.25, -0.2) is 4.79 Å². The maximum absolute atomic E-state index is 13.1. The molecule has 2 N–H and O–H groups in total. The third-order valence-electron chi connectivity index (χ3n) is 5.29. The van der Waals surface area contributed by atoms with Crippen molar-refractivity contribution in [1.82, 2.24) is 0 Å². The van der Waals surface area contributed by atoms with Crippen molar-refractivity contribution in [2.24, 2.45) is 0 Å². The van der Waals surface area contributed by atoms with Crippen molar-refractivity contribution >= 4 is 29.1 Å². The van der Waals surface area contributed by atoms with Gasteiger partial charge in [-0.1, -0.05) is 48.5 Å². The number of methoxy groups -OCH3 is 1. The van der Waals surface area contributed by atoms with Crippen molar-refractivity contribution in [3.05, 3.63) is 101 Å². The van der Waals surface area contributed by atoms with E-state index in [0.717, 1.165) is 0 Å². The minimum absolute atomic E-state index is 0.0269. The molecule has 0 bridgehead atoms. The predicted molar refractivity (Wildman–Crippen MR) is 118 cm³/mol. The fourth-order valence-electron chi connectivity index (χ4n) is 3.74. The minimum Gasteiger partial charge on any atom is -0.507 e. The van der Waals surface area contributed by atoms with E-state index in [4.69, 9.17) is 4.74 Å². The van der Waals surface area contributed by atoms with Gasteiger partial charge >= 0.3 is 5.97 Å². The number of carboxylic acids is 1. The number of aliphatic hydroxyl groups is 1. The van der Waals surface area contributed by atoms with Gasteiger partial charge in [0.05, 0.1) is 24.3 Å². The molecule has 0 unspecified atom stereocenters. The Morgan fingerprint density at radius 2 is 1.53 bits per heavy atom. The first kappa shape index (κ1) is 20.9. The van der Waals surface area contributed by atoms with Crippen LogP contribution < -0.4 is 9.64 Å². The van der Waals surface area contributed by atoms with Crippen molar-refractivity contribution in [2.45, 2.75) is 6.04 Å². The molecule has 3 aromatic rings. The first-order chi connectivity index (χ1) is 15.4. The van der Waals surface area contributed by atoms with E-state index < -0.39 is 23.7 Å². The van der Waals surface area contributed by atoms with E-state index in [1.807, 2.05) is 0 Å². The number of benzene rings is 3. The van der Waals surface area contributed by atoms with Crippen LogP contribution in [0.25, 0.3) is 5.76 Å². The summed E-state index contributed by atoms with van der Waals surface area (Å²) in [7, 11) is 1.52. The van der Waals surface area contributed by atoms with Crippen molar-refractivity contribution in [3.63, 3.8) is 0 Å². The molecule has 0 aromatic heterocycles. The van der Waals surface area contributed by atoms with Gasteiger partial charge in [-0.15, -0.1) is 0 Å². The molecule has 0 spiro atoms. The second-order valence-corrected chi connectivity index (χ2v) is 7.16. The number of anilines is 1. The van der Waals surface area contributed by atoms with Crippen molar-refractivity contribution in [2.75, 3.05) is 12.0 Å². The summed E-state index contributed by atoms with van der Waals surface area (Å²) >= 11 is 0. The molecule has 1 aliphatic heterocycles. The van der Waals surface area contributed by atoms with Crippen LogP contribution in [0.5, 0.6) is 5.75 Å². The monoisotopic (exact) mass is 429 g/mol. The van der Waals surface area contributed by atoms with Crippen LogP contribution in [0.4, 0.5) is 5.69 Å². The average molecular weight is 429 g/mol. The largest absolute Gasteiger partial charge is 0.507 e. The number of Topliss-reactive ketones (excluding diaryl/α,β-unsaturated/α-hetero) is 1. The van der Waals surface area contributed by atoms with Gasteiger partial charge in [-0.3, -0.25) is 14.5 Å². The molecule has 0 saturated carbocycles. The number of rotatable bonds is 5. The third kappa shape index (κ3) is 3.60. The fraction of sp³-hybridized carbons (Fsp3) is 0.0800. The zero-order chi connectivity index (χ0) is 22.8. The molecule has 7 nitrogen and oxygen atoms in total. The molecule has 3 aromatic carbocycles. The summed E-state index contributed by atoms with van der Waals surface area (Å²) in [5, 5.41) is 20.4. The van der Waals surface area contributed by atoms with E-state index in [2.05, 4.69) is 0 Å². The van der Waals surface area contributed by atoms with Crippen LogP contribution in [0.3, 0.4) is 0 Å². The van der Waals surface area contributed by atoms with Gasteiger partial charge in [0.1, 0.15) is 11.5 Å². The summed E-state index contributed by atoms with van der Waals surface area (Å²) in [5.74, 6) is -2.59. The number of ether oxygens (including phenoxy) is 1. The van der Waals surface area contributed by atoms with Crippen LogP contribution in [-0.4, -0.2) is 35.0 Å². The lowest BCUT2D eigenvalue weighted by atomic mass is 9.95. The number of hydrogen-bond acceptors (Lipinski definition) is 5. The van der Waals surface area contributed by atoms with Crippen LogP contribution in [0, 0.1) is 0 Å². The summed E-state index contributed by atoms with van der Waals surface area (Å²) < 4.78 is 5.20. The maximum Gasteiger partial charge on any atom is 0.335 e. The molecule has 1 amide bonds. The molecule has 7 heteroatoms. The van der Waals surface area contributed by atoms with Gasteiger partial charge < -0.3 is 14.9 Å². The maximum atomic E-state index is 13.1. The van der Waals surface area contributed by atoms with E-state index in [0.29, 0.717) is 16.9 Å². The average Bonchev–Trinajstić information content (AvgIpc) is 3.09. The van der Waals surface area contributed by atoms with Crippen LogP contribution in [0.1, 0.15) is 27.5 Å². The fourth-order valence-corrected chi connectivity index (χ4v) is 3.74. The summed E-state index contributed by atoms with van der Waals surface area (Å²) in [4.78, 5) is 38.9. The van der Waals surface area contributed by atoms with Gasteiger partial charge in [0.15, 0.2) is 0 Å². The summed E-state index contributed by atoms with van der Waals surface area (Å²) in [6.45, 7) is 0. The Kier molecular flexibility index (Phi) is 5.47. The number of amides is 1. The zero-order valence-corrected chi connectivity index (χ0v) is 17.1. The molecular weight excluding hydrogens is 410 g/mol. The molecule has 1 heterocycles. The first-order valence-corrected chi connectivity index (χ1v) is 9.76. The van der Waals surface area contributed by atoms with E-state index in [9.17, 15) is 24.6 Å². The highest BCUT2D eigenvalue weighted by atomic mass is 16.5. The lowest BCUT2D eigenvalue weighted by Crippen LogP contribution is -2.29. The lowest BCUT2D eigenvalue weighted by molar-refractivity contribution is -0.132. The number of carboxylic acid groups (broad SMARTS) is 1. The van der Waals surface area contributed by atoms with E-state index in [1.54, 1.807) is 60.7 Å². The number of nitrogens with zero attached hydrogens (tertiary/aromatic N) is 1. The SMILES string of the molecule is COc1ccc([C@H]2C(=C(O)c3ccccc3)C(=O)C(=O)N2c2cccc(C(=O)O)c2)cc1. The van der Waals surface area contributed by atoms with Crippen molar-refractivity contribution in [1.29, 1.82) is 0 Å². The zero-order valence-electron chi connectivity index (χ0n) is 17.1. The summed E-state index contributed by atoms with van der Waals surface area (Å²) in [6.07, 6.45) is 0. The van der Waals surface area contributed by atoms with Gasteiger partial charge in [0.2, 0.25) is 0 Å². The molecule has 0 aliphatic carbocycles. The molecule has 4 rings (SSSR count). The van der Waals surface area contributed by atoms with Crippen LogP contribution in [-0.2, 0) is 9.59 Å². The number of aliphatic hydroxyl groups excluding tert-OH is 1. The van der Waals surface area contributed by atoms with Gasteiger partial charge in [0, 0.05) is 11.3 Å². The van der Waals surface area contributed by atoms with Gasteiger partial charge in [-0.05, 0) is 35.9 Å². The Hall–Kier alpha value is -4.39. The normalized spacial score (nSPS) is 17.4. The van der Waals surface area contributed by atoms with Gasteiger partial charge in [-0.2, -0.15) is 0 Å². The van der Waals surface area contributed by atoms with E-state index >= 15 is 0 Å². The molecule has 32 heavy (non-hydrogen) atoms. The summed E-state index contributed by atoms with van der Waals surface area (Å²) in [5.41, 5.74) is 1.08. The van der Waals surface area contributed by atoms with Crippen LogP contribution in [0.2, 0.25) is 0 Å². The topological polar surface area (TPSA) is 104 Å². The van der Waals surface area contributed by atoms with Crippen molar-refractivity contribution in [3.8, 4) is 5.75 Å². The van der Waals surface area contributed by atoms with E-state index in [1.165, 1.54) is 30.2 Å². The van der Waals surface area contributed by atoms with Gasteiger partial charge in [0.25, 0.3) is 11.7 Å². The summed E-state index contributed by atoms with van der Waals surface area (Å²) in [6, 6.07) is 20.1. The second kappa shape index (κ2) is 8.39. The first-order valence-electron chi connectivity index (χ1n) is 9.76. The molecule has 1 aliphatic rings. The molecule has 160 valence electrons. The highest BCUT2D eigenvalue weighted by molar-refractivity contribution is 6.51. The number of carbonyl (C=O) groups excluding carboxylic acids is 2. The van der Waals surface area contributed by atoms with Crippen LogP contribution >= 0.6 is 0 Å². The highest BCUT2D eigenvalue weighted by Crippen LogP contribution is 2.42. The Bertz CT molecular complexity index is 1230. The lowest BCUT2D eigenvalue weighted by Gasteiger charge is -2.25. The van der Waals surface area contributed by atoms with E-state index in [-0.39, 0.29) is 22.6 Å². The quantitative estimate of drug-likeness (QED) is 0.361. The molecule has 0 radical (unpaired) electrons. The Morgan fingerprint density at radius 3 is 2.16 bits per heavy atom. The molecule has 1 atom stereocenters. The number of aromatic carboxylic acids is 1. The molecule has 1 fully saturated rings.